The monoisotopic (exact) mass is 244 g/mol. The molecule has 2 saturated carbocycles. The predicted octanol–water partition coefficient (Wildman–Crippen LogP) is 0.964. The fourth-order valence-corrected chi connectivity index (χ4v) is 3.60. The molecule has 5 heteroatoms. The molecule has 5 nitrogen and oxygen atoms in total. The number of carbonyl (C=O) groups is 1. The van der Waals surface area contributed by atoms with Crippen LogP contribution in [0.5, 0.6) is 0 Å². The third kappa shape index (κ3) is 1.31. The summed E-state index contributed by atoms with van der Waals surface area (Å²) in [6.07, 6.45) is 2.35. The molecular weight excluding hydrogens is 224 g/mol. The number of carbonyl (C=O) groups excluding carboxylic acids is 1. The van der Waals surface area contributed by atoms with Gasteiger partial charge in [0.25, 0.3) is 0 Å². The van der Waals surface area contributed by atoms with Gasteiger partial charge in [-0.2, -0.15) is 0 Å². The highest BCUT2D eigenvalue weighted by Crippen LogP contribution is 2.61. The first-order valence-electron chi connectivity index (χ1n) is 5.86. The molecule has 0 heterocycles. The number of ether oxygens (including phenoxy) is 4. The van der Waals surface area contributed by atoms with Crippen molar-refractivity contribution in [1.82, 2.24) is 0 Å². The Labute approximate surface area is 101 Å². The number of hydrogen-bond donors (Lipinski definition) is 0. The summed E-state index contributed by atoms with van der Waals surface area (Å²) in [5.74, 6) is -2.19. The van der Waals surface area contributed by atoms with Crippen LogP contribution in [0.2, 0.25) is 0 Å². The highest BCUT2D eigenvalue weighted by atomic mass is 16.8. The van der Waals surface area contributed by atoms with E-state index in [2.05, 4.69) is 0 Å². The van der Waals surface area contributed by atoms with Crippen molar-refractivity contribution >= 4 is 5.78 Å². The molecule has 2 aliphatic carbocycles. The van der Waals surface area contributed by atoms with Gasteiger partial charge in [0, 0.05) is 40.8 Å². The van der Waals surface area contributed by atoms with Gasteiger partial charge >= 0.3 is 0 Å². The van der Waals surface area contributed by atoms with Gasteiger partial charge < -0.3 is 18.9 Å². The summed E-state index contributed by atoms with van der Waals surface area (Å²) >= 11 is 0. The standard InChI is InChI=1S/C12H20O5/c1-14-11(15-2)8-6-5-7-9(13)10(8)12(11,16-3)17-4/h8,10H,5-7H2,1-4H3. The molecule has 2 unspecified atom stereocenters. The van der Waals surface area contributed by atoms with E-state index in [-0.39, 0.29) is 17.6 Å². The lowest BCUT2D eigenvalue weighted by Gasteiger charge is -2.64. The zero-order chi connectivity index (χ0) is 12.7. The van der Waals surface area contributed by atoms with Crippen molar-refractivity contribution in [2.24, 2.45) is 11.8 Å². The Kier molecular flexibility index (Phi) is 3.29. The topological polar surface area (TPSA) is 54.0 Å². The highest BCUT2D eigenvalue weighted by Gasteiger charge is 2.78. The quantitative estimate of drug-likeness (QED) is 0.689. The maximum absolute atomic E-state index is 12.0. The fraction of sp³-hybridized carbons (Fsp3) is 0.917. The van der Waals surface area contributed by atoms with Crippen LogP contribution >= 0.6 is 0 Å². The maximum atomic E-state index is 12.0. The largest absolute Gasteiger partial charge is 0.348 e. The lowest BCUT2D eigenvalue weighted by Crippen LogP contribution is -2.81. The highest BCUT2D eigenvalue weighted by molar-refractivity contribution is 5.85. The summed E-state index contributed by atoms with van der Waals surface area (Å²) in [5.41, 5.74) is 0. The molecule has 2 rings (SSSR count). The van der Waals surface area contributed by atoms with Gasteiger partial charge in [0.15, 0.2) is 0 Å². The number of ketones is 1. The van der Waals surface area contributed by atoms with E-state index in [1.165, 1.54) is 14.2 Å². The molecule has 0 amide bonds. The van der Waals surface area contributed by atoms with E-state index in [0.29, 0.717) is 6.42 Å². The van der Waals surface area contributed by atoms with Gasteiger partial charge in [0.05, 0.1) is 5.92 Å². The lowest BCUT2D eigenvalue weighted by molar-refractivity contribution is -0.483. The SMILES string of the molecule is COC1(OC)C2CCCC(=O)C2C1(OC)OC. The Morgan fingerprint density at radius 1 is 1.00 bits per heavy atom. The first-order chi connectivity index (χ1) is 8.13. The minimum atomic E-state index is -1.11. The molecule has 0 bridgehead atoms. The van der Waals surface area contributed by atoms with Crippen LogP contribution in [0.3, 0.4) is 0 Å². The van der Waals surface area contributed by atoms with E-state index in [9.17, 15) is 4.79 Å². The van der Waals surface area contributed by atoms with E-state index >= 15 is 0 Å². The number of hydrogen-bond acceptors (Lipinski definition) is 5. The van der Waals surface area contributed by atoms with Crippen LogP contribution in [0, 0.1) is 11.8 Å². The van der Waals surface area contributed by atoms with E-state index in [4.69, 9.17) is 18.9 Å². The summed E-state index contributed by atoms with van der Waals surface area (Å²) in [6, 6.07) is 0. The lowest BCUT2D eigenvalue weighted by atomic mass is 9.55. The molecule has 0 N–H and O–H groups in total. The van der Waals surface area contributed by atoms with E-state index in [1.807, 2.05) is 0 Å². The molecule has 0 aliphatic heterocycles. The van der Waals surface area contributed by atoms with Crippen LogP contribution in [-0.2, 0) is 23.7 Å². The van der Waals surface area contributed by atoms with Crippen LogP contribution in [0.25, 0.3) is 0 Å². The number of Topliss-reactive ketones (excluding diaryl/α,β-unsaturated/α-hetero) is 1. The summed E-state index contributed by atoms with van der Waals surface area (Å²) in [5, 5.41) is 0. The summed E-state index contributed by atoms with van der Waals surface area (Å²) in [4.78, 5) is 12.0. The van der Waals surface area contributed by atoms with Gasteiger partial charge in [-0.05, 0) is 12.8 Å². The second-order valence-corrected chi connectivity index (χ2v) is 4.59. The van der Waals surface area contributed by atoms with E-state index < -0.39 is 11.6 Å². The second-order valence-electron chi connectivity index (χ2n) is 4.59. The summed E-state index contributed by atoms with van der Waals surface area (Å²) in [7, 11) is 6.17. The van der Waals surface area contributed by atoms with E-state index in [0.717, 1.165) is 12.8 Å². The summed E-state index contributed by atoms with van der Waals surface area (Å²) < 4.78 is 22.0. The van der Waals surface area contributed by atoms with Gasteiger partial charge in [-0.15, -0.1) is 0 Å². The molecule has 17 heavy (non-hydrogen) atoms. The van der Waals surface area contributed by atoms with Crippen molar-refractivity contribution in [2.45, 2.75) is 30.8 Å². The van der Waals surface area contributed by atoms with Crippen LogP contribution in [0.15, 0.2) is 0 Å². The molecular formula is C12H20O5. The molecule has 2 atom stereocenters. The molecule has 0 aromatic carbocycles. The van der Waals surface area contributed by atoms with Crippen LogP contribution in [0.1, 0.15) is 19.3 Å². The number of fused-ring (bicyclic) bond motifs is 1. The van der Waals surface area contributed by atoms with Gasteiger partial charge in [-0.1, -0.05) is 0 Å². The number of rotatable bonds is 4. The zero-order valence-electron chi connectivity index (χ0n) is 10.8. The van der Waals surface area contributed by atoms with E-state index in [1.54, 1.807) is 14.2 Å². The van der Waals surface area contributed by atoms with Crippen molar-refractivity contribution in [2.75, 3.05) is 28.4 Å². The Hall–Kier alpha value is -0.490. The molecule has 0 aromatic rings. The minimum absolute atomic E-state index is 0.0126. The Balaban J connectivity index is 2.41. The normalized spacial score (nSPS) is 34.0. The number of methoxy groups -OCH3 is 4. The van der Waals surface area contributed by atoms with Gasteiger partial charge in [-0.3, -0.25) is 4.79 Å². The first-order valence-corrected chi connectivity index (χ1v) is 5.86. The van der Waals surface area contributed by atoms with Gasteiger partial charge in [0.2, 0.25) is 11.6 Å². The second kappa shape index (κ2) is 4.31. The molecule has 98 valence electrons. The third-order valence-electron chi connectivity index (χ3n) is 4.28. The first kappa shape index (κ1) is 13.0. The average molecular weight is 244 g/mol. The van der Waals surface area contributed by atoms with Gasteiger partial charge in [0.1, 0.15) is 5.78 Å². The molecule has 0 saturated heterocycles. The average Bonchev–Trinajstić information content (AvgIpc) is 2.34. The zero-order valence-corrected chi connectivity index (χ0v) is 10.8. The van der Waals surface area contributed by atoms with Crippen LogP contribution in [0.4, 0.5) is 0 Å². The molecule has 0 spiro atoms. The van der Waals surface area contributed by atoms with Crippen LogP contribution in [-0.4, -0.2) is 45.8 Å². The van der Waals surface area contributed by atoms with Crippen molar-refractivity contribution in [3.8, 4) is 0 Å². The van der Waals surface area contributed by atoms with Crippen molar-refractivity contribution in [3.63, 3.8) is 0 Å². The predicted molar refractivity (Wildman–Crippen MR) is 59.3 cm³/mol. The Morgan fingerprint density at radius 2 is 1.53 bits per heavy atom. The van der Waals surface area contributed by atoms with Crippen molar-refractivity contribution in [3.05, 3.63) is 0 Å². The summed E-state index contributed by atoms with van der Waals surface area (Å²) in [6.45, 7) is 0. The molecule has 0 aromatic heterocycles. The van der Waals surface area contributed by atoms with Gasteiger partial charge in [-0.25, -0.2) is 0 Å². The third-order valence-corrected chi connectivity index (χ3v) is 4.28. The van der Waals surface area contributed by atoms with Crippen molar-refractivity contribution in [1.29, 1.82) is 0 Å². The van der Waals surface area contributed by atoms with Crippen LogP contribution < -0.4 is 0 Å². The minimum Gasteiger partial charge on any atom is -0.348 e. The van der Waals surface area contributed by atoms with Crippen molar-refractivity contribution < 1.29 is 23.7 Å². The smallest absolute Gasteiger partial charge is 0.234 e. The Morgan fingerprint density at radius 3 is 2.00 bits per heavy atom. The molecule has 0 radical (unpaired) electrons. The molecule has 2 aliphatic rings. The Bertz CT molecular complexity index is 306. The fourth-order valence-electron chi connectivity index (χ4n) is 3.60. The maximum Gasteiger partial charge on any atom is 0.234 e. The molecule has 2 fully saturated rings.